The van der Waals surface area contributed by atoms with E-state index in [1.54, 1.807) is 17.0 Å². The number of nitrogens with zero attached hydrogens (tertiary/aromatic N) is 1. The maximum Gasteiger partial charge on any atom is 0.254 e. The molecule has 1 aliphatic heterocycles. The largest absolute Gasteiger partial charge is 0.490 e. The van der Waals surface area contributed by atoms with E-state index in [4.69, 9.17) is 27.9 Å². The zero-order chi connectivity index (χ0) is 23.6. The first-order valence-electron chi connectivity index (χ1n) is 10.9. The summed E-state index contributed by atoms with van der Waals surface area (Å²) in [5.74, 6) is 0.0574. The third kappa shape index (κ3) is 5.29. The minimum Gasteiger partial charge on any atom is -0.490 e. The average molecular weight is 506 g/mol. The summed E-state index contributed by atoms with van der Waals surface area (Å²) in [6.45, 7) is 2.71. The summed E-state index contributed by atoms with van der Waals surface area (Å²) in [4.78, 5) is 15.3. The second-order valence-corrected chi connectivity index (χ2v) is 11.3. The maximum absolute atomic E-state index is 13.7. The Morgan fingerprint density at radius 1 is 1.09 bits per heavy atom. The van der Waals surface area contributed by atoms with Gasteiger partial charge in [-0.15, -0.1) is 0 Å². The summed E-state index contributed by atoms with van der Waals surface area (Å²) in [6, 6.07) is 16.5. The summed E-state index contributed by atoms with van der Waals surface area (Å²) in [6.07, 6.45) is 1.19. The molecule has 4 rings (SSSR count). The van der Waals surface area contributed by atoms with Crippen molar-refractivity contribution in [2.45, 2.75) is 32.4 Å². The molecular weight excluding hydrogens is 481 g/mol. The average Bonchev–Trinajstić information content (AvgIpc) is 3.15. The molecule has 0 aromatic heterocycles. The molecule has 1 fully saturated rings. The highest BCUT2D eigenvalue weighted by Gasteiger charge is 2.35. The summed E-state index contributed by atoms with van der Waals surface area (Å²) >= 11 is 12.8. The molecule has 0 bridgehead atoms. The van der Waals surface area contributed by atoms with E-state index in [9.17, 15) is 13.2 Å². The Balaban J connectivity index is 1.71. The van der Waals surface area contributed by atoms with Crippen molar-refractivity contribution in [3.8, 4) is 5.75 Å². The zero-order valence-electron chi connectivity index (χ0n) is 18.3. The Bertz CT molecular complexity index is 1260. The SMILES string of the molecule is CCCOc1c(Cl)cc(C(=O)N(Cc2cccc3ccccc23)C2CCS(=O)(=O)C2)cc1Cl. The molecule has 1 atom stereocenters. The van der Waals surface area contributed by atoms with Crippen molar-refractivity contribution < 1.29 is 17.9 Å². The van der Waals surface area contributed by atoms with Gasteiger partial charge in [-0.2, -0.15) is 0 Å². The summed E-state index contributed by atoms with van der Waals surface area (Å²) in [5.41, 5.74) is 1.25. The molecule has 0 N–H and O–H groups in total. The highest BCUT2D eigenvalue weighted by atomic mass is 35.5. The summed E-state index contributed by atoms with van der Waals surface area (Å²) in [5, 5.41) is 2.59. The van der Waals surface area contributed by atoms with Gasteiger partial charge in [0.15, 0.2) is 15.6 Å². The maximum atomic E-state index is 13.7. The number of fused-ring (bicyclic) bond motifs is 1. The van der Waals surface area contributed by atoms with Gasteiger partial charge in [0.25, 0.3) is 5.91 Å². The molecular formula is C25H25Cl2NO4S. The normalized spacial score (nSPS) is 17.2. The second-order valence-electron chi connectivity index (χ2n) is 8.25. The molecule has 3 aromatic rings. The van der Waals surface area contributed by atoms with E-state index in [-0.39, 0.29) is 34.0 Å². The first-order valence-corrected chi connectivity index (χ1v) is 13.5. The number of benzene rings is 3. The molecule has 33 heavy (non-hydrogen) atoms. The number of ether oxygens (including phenoxy) is 1. The van der Waals surface area contributed by atoms with Crippen molar-refractivity contribution in [1.29, 1.82) is 0 Å². The number of carbonyl (C=O) groups is 1. The number of hydrogen-bond donors (Lipinski definition) is 0. The van der Waals surface area contributed by atoms with E-state index in [0.717, 1.165) is 22.8 Å². The fourth-order valence-electron chi connectivity index (χ4n) is 4.19. The fraction of sp³-hybridized carbons (Fsp3) is 0.320. The lowest BCUT2D eigenvalue weighted by Crippen LogP contribution is -2.40. The van der Waals surface area contributed by atoms with Crippen molar-refractivity contribution in [3.05, 3.63) is 75.8 Å². The topological polar surface area (TPSA) is 63.7 Å². The van der Waals surface area contributed by atoms with Crippen LogP contribution in [0.2, 0.25) is 10.0 Å². The van der Waals surface area contributed by atoms with E-state index in [1.165, 1.54) is 0 Å². The molecule has 1 heterocycles. The predicted octanol–water partition coefficient (Wildman–Crippen LogP) is 5.76. The molecule has 0 radical (unpaired) electrons. The fourth-order valence-corrected chi connectivity index (χ4v) is 6.52. The second kappa shape index (κ2) is 9.92. The quantitative estimate of drug-likeness (QED) is 0.409. The van der Waals surface area contributed by atoms with Crippen molar-refractivity contribution in [3.63, 3.8) is 0 Å². The molecule has 1 amide bonds. The van der Waals surface area contributed by atoms with E-state index < -0.39 is 15.9 Å². The van der Waals surface area contributed by atoms with Crippen LogP contribution in [0.25, 0.3) is 10.8 Å². The third-order valence-electron chi connectivity index (χ3n) is 5.83. The Kier molecular flexibility index (Phi) is 7.17. The molecule has 3 aromatic carbocycles. The van der Waals surface area contributed by atoms with E-state index in [0.29, 0.717) is 24.3 Å². The van der Waals surface area contributed by atoms with Crippen molar-refractivity contribution in [2.24, 2.45) is 0 Å². The molecule has 0 aliphatic carbocycles. The van der Waals surface area contributed by atoms with E-state index >= 15 is 0 Å². The third-order valence-corrected chi connectivity index (χ3v) is 8.14. The van der Waals surface area contributed by atoms with Crippen LogP contribution < -0.4 is 4.74 Å². The van der Waals surface area contributed by atoms with Crippen LogP contribution >= 0.6 is 23.2 Å². The minimum atomic E-state index is -3.19. The number of hydrogen-bond acceptors (Lipinski definition) is 4. The van der Waals surface area contributed by atoms with Gasteiger partial charge >= 0.3 is 0 Å². The summed E-state index contributed by atoms with van der Waals surface area (Å²) in [7, 11) is -3.19. The first kappa shape index (κ1) is 23.9. The Morgan fingerprint density at radius 2 is 1.79 bits per heavy atom. The standard InChI is InChI=1S/C25H25Cl2NO4S/c1-2-11-32-24-22(26)13-19(14-23(24)27)25(29)28(20-10-12-33(30,31)16-20)15-18-8-5-7-17-6-3-4-9-21(17)18/h3-9,13-14,20H,2,10-12,15-16H2,1H3. The zero-order valence-corrected chi connectivity index (χ0v) is 20.6. The van der Waals surface area contributed by atoms with Crippen LogP contribution in [-0.2, 0) is 16.4 Å². The smallest absolute Gasteiger partial charge is 0.254 e. The summed E-state index contributed by atoms with van der Waals surface area (Å²) < 4.78 is 30.1. The van der Waals surface area contributed by atoms with Gasteiger partial charge in [0.1, 0.15) is 0 Å². The Morgan fingerprint density at radius 3 is 2.45 bits per heavy atom. The minimum absolute atomic E-state index is 0.0529. The van der Waals surface area contributed by atoms with Crippen molar-refractivity contribution >= 4 is 49.7 Å². The lowest BCUT2D eigenvalue weighted by Gasteiger charge is -2.29. The molecule has 5 nitrogen and oxygen atoms in total. The number of halogens is 2. The monoisotopic (exact) mass is 505 g/mol. The van der Waals surface area contributed by atoms with Crippen molar-refractivity contribution in [2.75, 3.05) is 18.1 Å². The molecule has 1 unspecified atom stereocenters. The Labute approximate surface area is 204 Å². The van der Waals surface area contributed by atoms with Crippen LogP contribution in [0.1, 0.15) is 35.7 Å². The van der Waals surface area contributed by atoms with Gasteiger partial charge in [0, 0.05) is 18.2 Å². The highest BCUT2D eigenvalue weighted by Crippen LogP contribution is 2.35. The van der Waals surface area contributed by atoms with Crippen LogP contribution in [0.5, 0.6) is 5.75 Å². The van der Waals surface area contributed by atoms with Gasteiger partial charge in [-0.05, 0) is 41.3 Å². The molecule has 174 valence electrons. The number of rotatable bonds is 7. The van der Waals surface area contributed by atoms with Crippen LogP contribution in [0.15, 0.2) is 54.6 Å². The van der Waals surface area contributed by atoms with Gasteiger partial charge in [0.2, 0.25) is 0 Å². The van der Waals surface area contributed by atoms with Gasteiger partial charge in [0.05, 0.1) is 28.2 Å². The first-order chi connectivity index (χ1) is 15.8. The van der Waals surface area contributed by atoms with Crippen LogP contribution in [-0.4, -0.2) is 43.4 Å². The lowest BCUT2D eigenvalue weighted by atomic mass is 10.0. The van der Waals surface area contributed by atoms with Crippen molar-refractivity contribution in [1.82, 2.24) is 4.90 Å². The molecule has 8 heteroatoms. The number of amides is 1. The molecule has 1 saturated heterocycles. The van der Waals surface area contributed by atoms with Gasteiger partial charge in [-0.3, -0.25) is 4.79 Å². The van der Waals surface area contributed by atoms with Crippen LogP contribution in [0.4, 0.5) is 0 Å². The predicted molar refractivity (Wildman–Crippen MR) is 133 cm³/mol. The van der Waals surface area contributed by atoms with Crippen LogP contribution in [0, 0.1) is 0 Å². The van der Waals surface area contributed by atoms with E-state index in [2.05, 4.69) is 0 Å². The molecule has 0 spiro atoms. The van der Waals surface area contributed by atoms with Crippen LogP contribution in [0.3, 0.4) is 0 Å². The number of sulfone groups is 1. The number of carbonyl (C=O) groups excluding carboxylic acids is 1. The Hall–Kier alpha value is -2.28. The molecule has 0 saturated carbocycles. The van der Waals surface area contributed by atoms with Gasteiger partial charge in [-0.1, -0.05) is 72.6 Å². The highest BCUT2D eigenvalue weighted by molar-refractivity contribution is 7.91. The lowest BCUT2D eigenvalue weighted by molar-refractivity contribution is 0.0682. The van der Waals surface area contributed by atoms with E-state index in [1.807, 2.05) is 49.4 Å². The van der Waals surface area contributed by atoms with Gasteiger partial charge < -0.3 is 9.64 Å². The molecule has 1 aliphatic rings. The van der Waals surface area contributed by atoms with Gasteiger partial charge in [-0.25, -0.2) is 8.42 Å².